The van der Waals surface area contributed by atoms with Crippen LogP contribution in [-0.4, -0.2) is 47.4 Å². The van der Waals surface area contributed by atoms with Crippen LogP contribution in [0, 0.1) is 17.3 Å². The first-order valence-electron chi connectivity index (χ1n) is 14.2. The number of carbonyl (C=O) groups excluding carboxylic acids is 1. The lowest BCUT2D eigenvalue weighted by molar-refractivity contribution is -0.287. The number of rotatable bonds is 7. The van der Waals surface area contributed by atoms with Crippen molar-refractivity contribution in [3.63, 3.8) is 0 Å². The number of carboxylic acids is 1. The number of ether oxygens (including phenoxy) is 3. The van der Waals surface area contributed by atoms with Crippen LogP contribution >= 0.6 is 0 Å². The standard InChI is InChI=1S/C31H38F2N2O6/c1-30(2,3)23-24(34-17-19-13-10-16-22-27(19)41-31(32,33)40-22)25(20-14-8-9-15-21(20)39-4)35(26(23)29(37)38)28(36)18-11-6-5-7-12-18/h8-10,13-16,18,23-26,34H,5-7,11-12,17H2,1-4H3,(H,37,38). The van der Waals surface area contributed by atoms with Crippen LogP contribution in [0.2, 0.25) is 0 Å². The minimum absolute atomic E-state index is 0.0610. The first-order valence-corrected chi connectivity index (χ1v) is 14.2. The summed E-state index contributed by atoms with van der Waals surface area (Å²) in [6.45, 7) is 5.99. The van der Waals surface area contributed by atoms with Gasteiger partial charge in [0.1, 0.15) is 11.8 Å². The topological polar surface area (TPSA) is 97.3 Å². The maximum atomic E-state index is 14.3. The maximum Gasteiger partial charge on any atom is 0.586 e. The molecule has 2 aromatic rings. The van der Waals surface area contributed by atoms with Gasteiger partial charge < -0.3 is 29.5 Å². The number of para-hydroxylation sites is 2. The van der Waals surface area contributed by atoms with E-state index in [1.165, 1.54) is 6.07 Å². The zero-order chi connectivity index (χ0) is 29.5. The summed E-state index contributed by atoms with van der Waals surface area (Å²) in [4.78, 5) is 28.9. The van der Waals surface area contributed by atoms with Crippen molar-refractivity contribution >= 4 is 11.9 Å². The summed E-state index contributed by atoms with van der Waals surface area (Å²) in [5.41, 5.74) is 0.586. The van der Waals surface area contributed by atoms with Crippen molar-refractivity contribution in [3.8, 4) is 17.2 Å². The Labute approximate surface area is 239 Å². The van der Waals surface area contributed by atoms with E-state index in [4.69, 9.17) is 9.47 Å². The van der Waals surface area contributed by atoms with Crippen LogP contribution in [-0.2, 0) is 16.1 Å². The van der Waals surface area contributed by atoms with Crippen LogP contribution < -0.4 is 19.5 Å². The Bertz CT molecular complexity index is 1290. The van der Waals surface area contributed by atoms with Gasteiger partial charge in [0.25, 0.3) is 0 Å². The molecular formula is C31H38F2N2O6. The number of methoxy groups -OCH3 is 1. The third kappa shape index (κ3) is 5.58. The molecule has 2 aromatic carbocycles. The van der Waals surface area contributed by atoms with Crippen molar-refractivity contribution in [1.29, 1.82) is 0 Å². The van der Waals surface area contributed by atoms with E-state index < -0.39 is 41.7 Å². The molecule has 2 N–H and O–H groups in total. The van der Waals surface area contributed by atoms with Gasteiger partial charge in [0.05, 0.1) is 13.2 Å². The SMILES string of the molecule is COc1ccccc1C1C(NCc2cccc3c2OC(F)(F)O3)C(C(C)(C)C)C(C(=O)O)N1C(=O)C1CCCCC1. The predicted octanol–water partition coefficient (Wildman–Crippen LogP) is 5.75. The Morgan fingerprint density at radius 2 is 1.78 bits per heavy atom. The lowest BCUT2D eigenvalue weighted by atomic mass is 9.72. The number of nitrogens with zero attached hydrogens (tertiary/aromatic N) is 1. The molecule has 0 bridgehead atoms. The second kappa shape index (κ2) is 11.1. The average Bonchev–Trinajstić information content (AvgIpc) is 3.45. The molecule has 8 nitrogen and oxygen atoms in total. The summed E-state index contributed by atoms with van der Waals surface area (Å²) in [5, 5.41) is 14.2. The van der Waals surface area contributed by atoms with E-state index in [9.17, 15) is 23.5 Å². The summed E-state index contributed by atoms with van der Waals surface area (Å²) >= 11 is 0. The summed E-state index contributed by atoms with van der Waals surface area (Å²) in [6, 6.07) is 9.66. The van der Waals surface area contributed by atoms with Gasteiger partial charge in [0.15, 0.2) is 11.5 Å². The molecule has 1 saturated carbocycles. The molecule has 0 radical (unpaired) electrons. The minimum Gasteiger partial charge on any atom is -0.496 e. The highest BCUT2D eigenvalue weighted by Crippen LogP contribution is 2.51. The Morgan fingerprint density at radius 1 is 1.07 bits per heavy atom. The number of aliphatic carboxylic acids is 1. The molecule has 2 fully saturated rings. The van der Waals surface area contributed by atoms with E-state index in [2.05, 4.69) is 10.1 Å². The lowest BCUT2D eigenvalue weighted by Crippen LogP contribution is -2.49. The number of halogens is 2. The van der Waals surface area contributed by atoms with E-state index in [0.717, 1.165) is 32.1 Å². The Hall–Kier alpha value is -3.40. The number of likely N-dealkylation sites (tertiary alicyclic amines) is 1. The van der Waals surface area contributed by atoms with Gasteiger partial charge in [-0.05, 0) is 30.4 Å². The molecule has 2 heterocycles. The quantitative estimate of drug-likeness (QED) is 0.436. The van der Waals surface area contributed by atoms with E-state index in [0.29, 0.717) is 16.9 Å². The van der Waals surface area contributed by atoms with Gasteiger partial charge in [-0.25, -0.2) is 4.79 Å². The highest BCUT2D eigenvalue weighted by molar-refractivity contribution is 5.87. The molecule has 0 aromatic heterocycles. The molecule has 2 aliphatic heterocycles. The van der Waals surface area contributed by atoms with Gasteiger partial charge in [-0.1, -0.05) is 70.4 Å². The van der Waals surface area contributed by atoms with Gasteiger partial charge in [-0.3, -0.25) is 4.79 Å². The summed E-state index contributed by atoms with van der Waals surface area (Å²) in [5.74, 6) is -1.61. The number of carbonyl (C=O) groups is 2. The summed E-state index contributed by atoms with van der Waals surface area (Å²) in [7, 11) is 1.55. The molecule has 41 heavy (non-hydrogen) atoms. The summed E-state index contributed by atoms with van der Waals surface area (Å²) in [6.07, 6.45) is 0.593. The third-order valence-electron chi connectivity index (χ3n) is 8.62. The number of alkyl halides is 2. The summed E-state index contributed by atoms with van der Waals surface area (Å²) < 4.78 is 43.0. The van der Waals surface area contributed by atoms with Gasteiger partial charge in [0, 0.05) is 35.5 Å². The molecule has 5 rings (SSSR count). The number of nitrogens with one attached hydrogen (secondary N) is 1. The second-order valence-electron chi connectivity index (χ2n) is 12.3. The zero-order valence-corrected chi connectivity index (χ0v) is 23.9. The van der Waals surface area contributed by atoms with Crippen LogP contribution in [0.5, 0.6) is 17.2 Å². The normalized spacial score (nSPS) is 25.8. The van der Waals surface area contributed by atoms with Crippen LogP contribution in [0.4, 0.5) is 8.78 Å². The molecule has 0 spiro atoms. The van der Waals surface area contributed by atoms with E-state index in [-0.39, 0.29) is 29.9 Å². The smallest absolute Gasteiger partial charge is 0.496 e. The number of hydrogen-bond acceptors (Lipinski definition) is 6. The van der Waals surface area contributed by atoms with Crippen LogP contribution in [0.15, 0.2) is 42.5 Å². The fourth-order valence-electron chi connectivity index (χ4n) is 6.92. The number of fused-ring (bicyclic) bond motifs is 1. The first-order chi connectivity index (χ1) is 19.4. The van der Waals surface area contributed by atoms with E-state index in [1.54, 1.807) is 30.2 Å². The van der Waals surface area contributed by atoms with Crippen molar-refractivity contribution in [2.45, 2.75) is 83.8 Å². The predicted molar refractivity (Wildman–Crippen MR) is 147 cm³/mol. The highest BCUT2D eigenvalue weighted by atomic mass is 19.3. The Balaban J connectivity index is 1.61. The van der Waals surface area contributed by atoms with E-state index in [1.807, 2.05) is 39.0 Å². The van der Waals surface area contributed by atoms with Gasteiger partial charge in [-0.15, -0.1) is 8.78 Å². The number of benzene rings is 2. The molecule has 1 amide bonds. The highest BCUT2D eigenvalue weighted by Gasteiger charge is 2.59. The van der Waals surface area contributed by atoms with Gasteiger partial charge in [-0.2, -0.15) is 0 Å². The molecular weight excluding hydrogens is 534 g/mol. The molecule has 1 aliphatic carbocycles. The van der Waals surface area contributed by atoms with Crippen molar-refractivity contribution in [2.75, 3.05) is 7.11 Å². The fraction of sp³-hybridized carbons (Fsp3) is 0.548. The molecule has 4 unspecified atom stereocenters. The van der Waals surface area contributed by atoms with Crippen LogP contribution in [0.3, 0.4) is 0 Å². The maximum absolute atomic E-state index is 14.3. The molecule has 222 valence electrons. The van der Waals surface area contributed by atoms with Crippen LogP contribution in [0.25, 0.3) is 0 Å². The fourth-order valence-corrected chi connectivity index (χ4v) is 6.92. The zero-order valence-electron chi connectivity index (χ0n) is 23.9. The Kier molecular flexibility index (Phi) is 7.89. The van der Waals surface area contributed by atoms with Crippen LogP contribution in [0.1, 0.15) is 70.0 Å². The average molecular weight is 573 g/mol. The Morgan fingerprint density at radius 3 is 2.44 bits per heavy atom. The molecule has 3 aliphatic rings. The molecule has 4 atom stereocenters. The van der Waals surface area contributed by atoms with Gasteiger partial charge in [0.2, 0.25) is 5.91 Å². The molecule has 1 saturated heterocycles. The van der Waals surface area contributed by atoms with Gasteiger partial charge >= 0.3 is 12.3 Å². The third-order valence-corrected chi connectivity index (χ3v) is 8.62. The monoisotopic (exact) mass is 572 g/mol. The van der Waals surface area contributed by atoms with E-state index >= 15 is 0 Å². The largest absolute Gasteiger partial charge is 0.586 e. The number of carboxylic acid groups (broad SMARTS) is 1. The number of hydrogen-bond donors (Lipinski definition) is 2. The van der Waals surface area contributed by atoms with Crippen molar-refractivity contribution in [2.24, 2.45) is 17.3 Å². The van der Waals surface area contributed by atoms with Crippen molar-refractivity contribution < 1.29 is 37.7 Å². The molecule has 10 heteroatoms. The second-order valence-corrected chi connectivity index (χ2v) is 12.3. The number of amides is 1. The van der Waals surface area contributed by atoms with Crippen molar-refractivity contribution in [3.05, 3.63) is 53.6 Å². The first kappa shape index (κ1) is 29.1. The van der Waals surface area contributed by atoms with Crippen molar-refractivity contribution in [1.82, 2.24) is 10.2 Å². The lowest BCUT2D eigenvalue weighted by Gasteiger charge is -2.36. The minimum atomic E-state index is -3.77.